The van der Waals surface area contributed by atoms with E-state index in [1.54, 1.807) is 11.5 Å². The van der Waals surface area contributed by atoms with Crippen molar-refractivity contribution < 1.29 is 18.7 Å². The monoisotopic (exact) mass is 428 g/mol. The fraction of sp³-hybridized carbons (Fsp3) is 0.364. The van der Waals surface area contributed by atoms with Gasteiger partial charge >= 0.3 is 5.97 Å². The van der Waals surface area contributed by atoms with Crippen molar-refractivity contribution in [1.82, 2.24) is 9.55 Å². The first-order valence-electron chi connectivity index (χ1n) is 9.90. The van der Waals surface area contributed by atoms with Crippen LogP contribution in [0.2, 0.25) is 0 Å². The Morgan fingerprint density at radius 2 is 1.93 bits per heavy atom. The van der Waals surface area contributed by atoms with Crippen LogP contribution in [0.3, 0.4) is 0 Å². The summed E-state index contributed by atoms with van der Waals surface area (Å²) < 4.78 is 20.2. The lowest BCUT2D eigenvalue weighted by atomic mass is 10.1. The molecule has 1 aliphatic heterocycles. The van der Waals surface area contributed by atoms with Crippen molar-refractivity contribution in [3.05, 3.63) is 62.3 Å². The molecule has 0 saturated carbocycles. The maximum absolute atomic E-state index is 13.1. The van der Waals surface area contributed by atoms with Gasteiger partial charge in [-0.05, 0) is 56.5 Å². The molecular weight excluding hydrogens is 407 g/mol. The molecule has 0 spiro atoms. The number of halogens is 1. The van der Waals surface area contributed by atoms with Gasteiger partial charge in [-0.3, -0.25) is 14.2 Å². The fourth-order valence-corrected chi connectivity index (χ4v) is 4.79. The quantitative estimate of drug-likeness (QED) is 0.463. The van der Waals surface area contributed by atoms with Gasteiger partial charge in [-0.2, -0.15) is 0 Å². The lowest BCUT2D eigenvalue weighted by Crippen LogP contribution is -2.25. The number of nitrogens with zero attached hydrogens (tertiary/aromatic N) is 2. The van der Waals surface area contributed by atoms with E-state index in [9.17, 15) is 18.8 Å². The molecule has 3 heterocycles. The Kier molecular flexibility index (Phi) is 5.51. The van der Waals surface area contributed by atoms with Gasteiger partial charge in [-0.1, -0.05) is 6.42 Å². The number of aryl methyl sites for hydroxylation is 2. The lowest BCUT2D eigenvalue weighted by molar-refractivity contribution is 0.0323. The molecule has 1 atom stereocenters. The number of Topliss-reactive ketones (excluding diaryl/α,β-unsaturated/α-hetero) is 1. The van der Waals surface area contributed by atoms with Gasteiger partial charge < -0.3 is 4.74 Å². The molecule has 30 heavy (non-hydrogen) atoms. The predicted octanol–water partition coefficient (Wildman–Crippen LogP) is 4.06. The average molecular weight is 428 g/mol. The number of fused-ring (bicyclic) bond motifs is 2. The topological polar surface area (TPSA) is 78.3 Å². The summed E-state index contributed by atoms with van der Waals surface area (Å²) >= 11 is 1.12. The standard InChI is InChI=1S/C22H21FN2O4S/c1-12-17-20(24-16-6-4-3-5-11-25(16)21(17)27)30-19(12)22(28)29-13(2)18(26)14-7-9-15(23)10-8-14/h7-10,13H,3-6,11H2,1-2H3. The molecule has 156 valence electrons. The Bertz CT molecular complexity index is 1200. The maximum atomic E-state index is 13.1. The normalized spacial score (nSPS) is 14.8. The van der Waals surface area contributed by atoms with E-state index >= 15 is 0 Å². The third kappa shape index (κ3) is 3.67. The molecule has 1 aromatic carbocycles. The smallest absolute Gasteiger partial charge is 0.349 e. The zero-order chi connectivity index (χ0) is 21.4. The number of ketones is 1. The molecule has 0 aliphatic carbocycles. The van der Waals surface area contributed by atoms with Crippen LogP contribution in [0.5, 0.6) is 0 Å². The van der Waals surface area contributed by atoms with E-state index in [2.05, 4.69) is 4.98 Å². The Hall–Kier alpha value is -2.87. The van der Waals surface area contributed by atoms with E-state index in [0.717, 1.165) is 42.8 Å². The molecule has 0 radical (unpaired) electrons. The van der Waals surface area contributed by atoms with Crippen LogP contribution in [-0.2, 0) is 17.7 Å². The van der Waals surface area contributed by atoms with Crippen LogP contribution in [-0.4, -0.2) is 27.4 Å². The van der Waals surface area contributed by atoms with Gasteiger partial charge in [0.15, 0.2) is 6.10 Å². The highest BCUT2D eigenvalue weighted by Crippen LogP contribution is 2.29. The second kappa shape index (κ2) is 8.10. The van der Waals surface area contributed by atoms with E-state index in [1.807, 2.05) is 0 Å². The van der Waals surface area contributed by atoms with Gasteiger partial charge in [0.05, 0.1) is 5.39 Å². The minimum absolute atomic E-state index is 0.125. The highest BCUT2D eigenvalue weighted by molar-refractivity contribution is 7.20. The zero-order valence-electron chi connectivity index (χ0n) is 16.7. The molecule has 1 aliphatic rings. The Morgan fingerprint density at radius 3 is 2.67 bits per heavy atom. The van der Waals surface area contributed by atoms with Crippen molar-refractivity contribution in [3.8, 4) is 0 Å². The number of esters is 1. The number of aromatic nitrogens is 2. The van der Waals surface area contributed by atoms with Crippen molar-refractivity contribution in [2.75, 3.05) is 0 Å². The first-order valence-corrected chi connectivity index (χ1v) is 10.7. The number of benzene rings is 1. The van der Waals surface area contributed by atoms with Crippen molar-refractivity contribution in [2.24, 2.45) is 0 Å². The molecule has 1 unspecified atom stereocenters. The molecular formula is C22H21FN2O4S. The van der Waals surface area contributed by atoms with Crippen LogP contribution < -0.4 is 5.56 Å². The molecule has 0 bridgehead atoms. The summed E-state index contributed by atoms with van der Waals surface area (Å²) in [5, 5.41) is 0.440. The molecule has 4 rings (SSSR count). The highest BCUT2D eigenvalue weighted by Gasteiger charge is 2.26. The minimum atomic E-state index is -1.04. The first-order chi connectivity index (χ1) is 14.4. The highest BCUT2D eigenvalue weighted by atomic mass is 32.1. The fourth-order valence-electron chi connectivity index (χ4n) is 3.72. The van der Waals surface area contributed by atoms with E-state index < -0.39 is 23.7 Å². The molecule has 2 aromatic heterocycles. The molecule has 0 fully saturated rings. The summed E-state index contributed by atoms with van der Waals surface area (Å²) in [6.07, 6.45) is 2.68. The van der Waals surface area contributed by atoms with Gasteiger partial charge in [-0.25, -0.2) is 14.2 Å². The van der Waals surface area contributed by atoms with Crippen LogP contribution in [0.15, 0.2) is 29.1 Å². The van der Waals surface area contributed by atoms with E-state index in [0.29, 0.717) is 22.3 Å². The first kappa shape index (κ1) is 20.4. The van der Waals surface area contributed by atoms with Crippen LogP contribution in [0.4, 0.5) is 4.39 Å². The Morgan fingerprint density at radius 1 is 1.20 bits per heavy atom. The van der Waals surface area contributed by atoms with E-state index in [4.69, 9.17) is 4.74 Å². The minimum Gasteiger partial charge on any atom is -0.450 e. The zero-order valence-corrected chi connectivity index (χ0v) is 17.6. The van der Waals surface area contributed by atoms with Crippen molar-refractivity contribution in [2.45, 2.75) is 52.2 Å². The summed E-state index contributed by atoms with van der Waals surface area (Å²) in [7, 11) is 0. The summed E-state index contributed by atoms with van der Waals surface area (Å²) in [4.78, 5) is 43.7. The van der Waals surface area contributed by atoms with E-state index in [-0.39, 0.29) is 16.0 Å². The van der Waals surface area contributed by atoms with Crippen LogP contribution >= 0.6 is 11.3 Å². The summed E-state index contributed by atoms with van der Waals surface area (Å²) in [6, 6.07) is 5.07. The van der Waals surface area contributed by atoms with Gasteiger partial charge in [0.2, 0.25) is 5.78 Å². The van der Waals surface area contributed by atoms with Crippen molar-refractivity contribution >= 4 is 33.3 Å². The number of ether oxygens (including phenoxy) is 1. The SMILES string of the molecule is Cc1c(C(=O)OC(C)C(=O)c2ccc(F)cc2)sc2nc3n(c(=O)c12)CCCCC3. The molecule has 0 amide bonds. The van der Waals surface area contributed by atoms with Crippen LogP contribution in [0, 0.1) is 12.7 Å². The van der Waals surface area contributed by atoms with Gasteiger partial charge in [0.25, 0.3) is 5.56 Å². The number of hydrogen-bond acceptors (Lipinski definition) is 6. The Balaban J connectivity index is 1.62. The third-order valence-electron chi connectivity index (χ3n) is 5.38. The summed E-state index contributed by atoms with van der Waals surface area (Å²) in [5.74, 6) is -0.787. The Labute approximate surface area is 176 Å². The van der Waals surface area contributed by atoms with Gasteiger partial charge in [-0.15, -0.1) is 11.3 Å². The summed E-state index contributed by atoms with van der Waals surface area (Å²) in [6.45, 7) is 3.81. The number of carbonyl (C=O) groups excluding carboxylic acids is 2. The molecule has 8 heteroatoms. The van der Waals surface area contributed by atoms with Crippen LogP contribution in [0.1, 0.15) is 57.6 Å². The molecule has 6 nitrogen and oxygen atoms in total. The van der Waals surface area contributed by atoms with Crippen LogP contribution in [0.25, 0.3) is 10.2 Å². The van der Waals surface area contributed by atoms with Crippen molar-refractivity contribution in [3.63, 3.8) is 0 Å². The largest absolute Gasteiger partial charge is 0.450 e. The number of hydrogen-bond donors (Lipinski definition) is 0. The van der Waals surface area contributed by atoms with Gasteiger partial charge in [0, 0.05) is 18.5 Å². The number of rotatable bonds is 4. The second-order valence-corrected chi connectivity index (χ2v) is 8.45. The van der Waals surface area contributed by atoms with Gasteiger partial charge in [0.1, 0.15) is 21.3 Å². The summed E-state index contributed by atoms with van der Waals surface area (Å²) in [5.41, 5.74) is 0.659. The third-order valence-corrected chi connectivity index (χ3v) is 6.54. The molecule has 0 saturated heterocycles. The molecule has 0 N–H and O–H groups in total. The predicted molar refractivity (Wildman–Crippen MR) is 112 cm³/mol. The number of thiophene rings is 1. The van der Waals surface area contributed by atoms with E-state index in [1.165, 1.54) is 31.2 Å². The second-order valence-electron chi connectivity index (χ2n) is 7.45. The molecule has 3 aromatic rings. The maximum Gasteiger partial charge on any atom is 0.349 e. The lowest BCUT2D eigenvalue weighted by Gasteiger charge is -2.12. The number of carbonyl (C=O) groups is 2. The van der Waals surface area contributed by atoms with Crippen molar-refractivity contribution in [1.29, 1.82) is 0 Å². The average Bonchev–Trinajstić information content (AvgIpc) is 2.89.